The normalized spacial score (nSPS) is 9.44. The van der Waals surface area contributed by atoms with Crippen molar-refractivity contribution in [1.29, 1.82) is 0 Å². The number of hydrogen-bond donors (Lipinski definition) is 0. The topological polar surface area (TPSA) is 16.8 Å². The molecule has 2 nitrogen and oxygen atoms in total. The van der Waals surface area contributed by atoms with Gasteiger partial charge in [-0.3, -0.25) is 4.98 Å². The zero-order valence-corrected chi connectivity index (χ0v) is 5.00. The highest BCUT2D eigenvalue weighted by atomic mass is 19.1. The second-order valence-electron chi connectivity index (χ2n) is 1.67. The smallest absolute Gasteiger partial charge is 0.187 e. The van der Waals surface area contributed by atoms with Gasteiger partial charge in [-0.05, 0) is 0 Å². The summed E-state index contributed by atoms with van der Waals surface area (Å²) in [6.07, 6.45) is 6.74. The van der Waals surface area contributed by atoms with Crippen molar-refractivity contribution in [1.82, 2.24) is 4.98 Å². The van der Waals surface area contributed by atoms with E-state index in [0.717, 1.165) is 0 Å². The van der Waals surface area contributed by atoms with Crippen LogP contribution in [-0.2, 0) is 6.54 Å². The third kappa shape index (κ3) is 1.76. The van der Waals surface area contributed by atoms with Gasteiger partial charge in [-0.2, -0.15) is 4.57 Å². The molecule has 0 aromatic carbocycles. The van der Waals surface area contributed by atoms with E-state index in [1.165, 1.54) is 0 Å². The molecule has 1 heterocycles. The minimum Gasteiger partial charge on any atom is -0.252 e. The van der Waals surface area contributed by atoms with Crippen LogP contribution >= 0.6 is 0 Å². The lowest BCUT2D eigenvalue weighted by Gasteiger charge is -1.86. The van der Waals surface area contributed by atoms with Gasteiger partial charge in [-0.1, -0.05) is 0 Å². The third-order valence-electron chi connectivity index (χ3n) is 1.03. The summed E-state index contributed by atoms with van der Waals surface area (Å²) >= 11 is 0. The van der Waals surface area contributed by atoms with Crippen molar-refractivity contribution >= 4 is 0 Å². The van der Waals surface area contributed by atoms with Gasteiger partial charge in [-0.25, -0.2) is 4.39 Å². The average molecular weight is 127 g/mol. The van der Waals surface area contributed by atoms with Crippen LogP contribution in [-0.4, -0.2) is 11.7 Å². The van der Waals surface area contributed by atoms with Crippen molar-refractivity contribution in [3.8, 4) is 0 Å². The fraction of sp³-hybridized carbons (Fsp3) is 0.333. The van der Waals surface area contributed by atoms with E-state index in [-0.39, 0.29) is 6.67 Å². The van der Waals surface area contributed by atoms with Crippen LogP contribution < -0.4 is 4.57 Å². The quantitative estimate of drug-likeness (QED) is 0.523. The zero-order valence-electron chi connectivity index (χ0n) is 5.00. The molecule has 0 bridgehead atoms. The van der Waals surface area contributed by atoms with E-state index < -0.39 is 0 Å². The van der Waals surface area contributed by atoms with Gasteiger partial charge in [0.1, 0.15) is 6.67 Å². The average Bonchev–Trinajstić information content (AvgIpc) is 1.91. The van der Waals surface area contributed by atoms with Gasteiger partial charge in [0.25, 0.3) is 0 Å². The molecule has 0 radical (unpaired) electrons. The fourth-order valence-corrected chi connectivity index (χ4v) is 0.594. The molecular formula is C6H8FN2+. The van der Waals surface area contributed by atoms with Gasteiger partial charge in [0.05, 0.1) is 12.4 Å². The maximum absolute atomic E-state index is 11.6. The number of nitrogens with zero attached hydrogens (tertiary/aromatic N) is 2. The third-order valence-corrected chi connectivity index (χ3v) is 1.03. The molecule has 0 spiro atoms. The van der Waals surface area contributed by atoms with Crippen LogP contribution in [0.15, 0.2) is 24.8 Å². The Kier molecular flexibility index (Phi) is 2.13. The molecule has 0 aliphatic heterocycles. The van der Waals surface area contributed by atoms with E-state index in [4.69, 9.17) is 0 Å². The van der Waals surface area contributed by atoms with Crippen LogP contribution in [0.25, 0.3) is 0 Å². The van der Waals surface area contributed by atoms with Crippen LogP contribution in [0.2, 0.25) is 0 Å². The van der Waals surface area contributed by atoms with E-state index in [1.807, 2.05) is 0 Å². The van der Waals surface area contributed by atoms with E-state index >= 15 is 0 Å². The first kappa shape index (κ1) is 6.13. The van der Waals surface area contributed by atoms with E-state index in [9.17, 15) is 4.39 Å². The van der Waals surface area contributed by atoms with E-state index in [1.54, 1.807) is 29.4 Å². The van der Waals surface area contributed by atoms with E-state index in [0.29, 0.717) is 6.54 Å². The van der Waals surface area contributed by atoms with Gasteiger partial charge in [-0.15, -0.1) is 0 Å². The van der Waals surface area contributed by atoms with Crippen LogP contribution in [0.1, 0.15) is 0 Å². The number of rotatable bonds is 2. The van der Waals surface area contributed by atoms with Crippen molar-refractivity contribution in [2.75, 3.05) is 6.67 Å². The van der Waals surface area contributed by atoms with Crippen molar-refractivity contribution < 1.29 is 8.96 Å². The summed E-state index contributed by atoms with van der Waals surface area (Å²) in [6.45, 7) is 0.0944. The maximum Gasteiger partial charge on any atom is 0.187 e. The molecule has 1 aromatic heterocycles. The largest absolute Gasteiger partial charge is 0.252 e. The second kappa shape index (κ2) is 3.12. The Morgan fingerprint density at radius 1 is 1.33 bits per heavy atom. The molecule has 9 heavy (non-hydrogen) atoms. The van der Waals surface area contributed by atoms with Crippen molar-refractivity contribution in [3.63, 3.8) is 0 Å². The van der Waals surface area contributed by atoms with Crippen LogP contribution in [0.5, 0.6) is 0 Å². The summed E-state index contributed by atoms with van der Waals surface area (Å²) in [5.74, 6) is 0. The summed E-state index contributed by atoms with van der Waals surface area (Å²) in [6, 6.07) is 0. The predicted molar refractivity (Wildman–Crippen MR) is 30.4 cm³/mol. The first-order valence-corrected chi connectivity index (χ1v) is 2.78. The van der Waals surface area contributed by atoms with Crippen molar-refractivity contribution in [3.05, 3.63) is 24.8 Å². The van der Waals surface area contributed by atoms with E-state index in [2.05, 4.69) is 4.98 Å². The Morgan fingerprint density at radius 2 is 2.00 bits per heavy atom. The molecule has 0 aliphatic carbocycles. The van der Waals surface area contributed by atoms with Crippen LogP contribution in [0, 0.1) is 0 Å². The first-order chi connectivity index (χ1) is 4.43. The Hall–Kier alpha value is -0.990. The molecule has 1 rings (SSSR count). The highest BCUT2D eigenvalue weighted by Gasteiger charge is 1.93. The molecule has 3 heteroatoms. The molecule has 0 saturated heterocycles. The summed E-state index contributed by atoms with van der Waals surface area (Å²) in [4.78, 5) is 3.78. The van der Waals surface area contributed by atoms with Crippen molar-refractivity contribution in [2.45, 2.75) is 6.54 Å². The predicted octanol–water partition coefficient (Wildman–Crippen LogP) is 0.339. The number of halogens is 1. The minimum atomic E-state index is -0.325. The Morgan fingerprint density at radius 3 is 2.56 bits per heavy atom. The molecule has 0 saturated carbocycles. The number of aryl methyl sites for hydroxylation is 1. The highest BCUT2D eigenvalue weighted by Crippen LogP contribution is 1.71. The number of aromatic nitrogens is 2. The first-order valence-electron chi connectivity index (χ1n) is 2.78. The fourth-order valence-electron chi connectivity index (χ4n) is 0.594. The molecule has 0 aliphatic rings. The molecular weight excluding hydrogens is 119 g/mol. The lowest BCUT2D eigenvalue weighted by Crippen LogP contribution is -2.33. The molecule has 0 amide bonds. The lowest BCUT2D eigenvalue weighted by molar-refractivity contribution is -0.697. The Labute approximate surface area is 53.0 Å². The lowest BCUT2D eigenvalue weighted by atomic mass is 10.6. The molecule has 48 valence electrons. The van der Waals surface area contributed by atoms with Gasteiger partial charge in [0, 0.05) is 0 Å². The molecule has 0 fully saturated rings. The molecule has 0 unspecified atom stereocenters. The standard InChI is InChI=1S/C6H8FN2/c7-1-4-9-5-2-8-3-6-9/h2-3,5-6H,1,4H2/q+1. The van der Waals surface area contributed by atoms with Gasteiger partial charge in [0.15, 0.2) is 18.9 Å². The van der Waals surface area contributed by atoms with Crippen molar-refractivity contribution in [2.24, 2.45) is 0 Å². The van der Waals surface area contributed by atoms with Gasteiger partial charge < -0.3 is 0 Å². The summed E-state index contributed by atoms with van der Waals surface area (Å²) in [7, 11) is 0. The summed E-state index contributed by atoms with van der Waals surface area (Å²) < 4.78 is 13.4. The molecule has 1 aromatic rings. The maximum atomic E-state index is 11.6. The summed E-state index contributed by atoms with van der Waals surface area (Å²) in [5.41, 5.74) is 0. The highest BCUT2D eigenvalue weighted by molar-refractivity contribution is 4.62. The van der Waals surface area contributed by atoms with Gasteiger partial charge in [0.2, 0.25) is 0 Å². The minimum absolute atomic E-state index is 0.325. The monoisotopic (exact) mass is 127 g/mol. The number of alkyl halides is 1. The number of hydrogen-bond acceptors (Lipinski definition) is 1. The SMILES string of the molecule is FCC[n+]1ccncc1. The Bertz CT molecular complexity index is 164. The van der Waals surface area contributed by atoms with Gasteiger partial charge >= 0.3 is 0 Å². The zero-order chi connectivity index (χ0) is 6.53. The second-order valence-corrected chi connectivity index (χ2v) is 1.67. The van der Waals surface area contributed by atoms with Crippen LogP contribution in [0.3, 0.4) is 0 Å². The Balaban J connectivity index is 2.61. The summed E-state index contributed by atoms with van der Waals surface area (Å²) in [5, 5.41) is 0. The molecule has 0 atom stereocenters. The molecule has 0 N–H and O–H groups in total. The van der Waals surface area contributed by atoms with Crippen LogP contribution in [0.4, 0.5) is 4.39 Å².